The summed E-state index contributed by atoms with van der Waals surface area (Å²) in [6.07, 6.45) is 4.73. The van der Waals surface area contributed by atoms with Gasteiger partial charge in [0.05, 0.1) is 6.20 Å². The third-order valence-electron chi connectivity index (χ3n) is 7.11. The van der Waals surface area contributed by atoms with Crippen LogP contribution in [0, 0.1) is 17.9 Å². The van der Waals surface area contributed by atoms with E-state index < -0.39 is 13.3 Å². The van der Waals surface area contributed by atoms with Gasteiger partial charge in [-0.1, -0.05) is 41.9 Å². The van der Waals surface area contributed by atoms with Crippen LogP contribution in [0.2, 0.25) is 0 Å². The topological polar surface area (TPSA) is 44.9 Å². The molecule has 0 unspecified atom stereocenters. The van der Waals surface area contributed by atoms with Crippen molar-refractivity contribution in [1.82, 2.24) is 19.3 Å². The number of hydrogen-bond acceptors (Lipinski definition) is 3. The van der Waals surface area contributed by atoms with Gasteiger partial charge in [-0.3, -0.25) is 4.68 Å². The van der Waals surface area contributed by atoms with Gasteiger partial charge in [0.1, 0.15) is 25.0 Å². The molecule has 0 spiro atoms. The summed E-state index contributed by atoms with van der Waals surface area (Å²) >= 11 is 0. The molecule has 0 aliphatic heterocycles. The van der Waals surface area contributed by atoms with Crippen molar-refractivity contribution in [2.75, 3.05) is 0 Å². The molecule has 0 radical (unpaired) electrons. The first-order valence-electron chi connectivity index (χ1n) is 13.2. The Bertz CT molecular complexity index is 2070. The number of benzene rings is 4. The number of halogens is 3. The molecule has 4 aromatic carbocycles. The summed E-state index contributed by atoms with van der Waals surface area (Å²) in [5.41, 5.74) is 4.06. The van der Waals surface area contributed by atoms with Crippen molar-refractivity contribution in [3.63, 3.8) is 0 Å². The summed E-state index contributed by atoms with van der Waals surface area (Å²) in [4.78, 5) is 4.39. The predicted octanol–water partition coefficient (Wildman–Crippen LogP) is 8.50. The van der Waals surface area contributed by atoms with Gasteiger partial charge in [0, 0.05) is 41.0 Å². The summed E-state index contributed by atoms with van der Waals surface area (Å²) in [5, 5.41) is 6.32. The Labute approximate surface area is 259 Å². The molecule has 43 heavy (non-hydrogen) atoms. The third kappa shape index (κ3) is 5.23. The molecule has 0 saturated heterocycles. The minimum Gasteiger partial charge on any atom is -0.509 e. The Kier molecular flexibility index (Phi) is 7.87. The fourth-order valence-electron chi connectivity index (χ4n) is 5.27. The quantitative estimate of drug-likeness (QED) is 0.154. The van der Waals surface area contributed by atoms with E-state index in [2.05, 4.69) is 22.2 Å². The Morgan fingerprint density at radius 3 is 2.35 bits per heavy atom. The molecule has 0 aliphatic rings. The van der Waals surface area contributed by atoms with Crippen LogP contribution in [0.5, 0.6) is 11.5 Å². The molecule has 0 amide bonds. The van der Waals surface area contributed by atoms with Crippen molar-refractivity contribution in [2.24, 2.45) is 0 Å². The van der Waals surface area contributed by atoms with Gasteiger partial charge in [-0.05, 0) is 39.9 Å². The van der Waals surface area contributed by atoms with E-state index in [4.69, 9.17) is 4.74 Å². The van der Waals surface area contributed by atoms with Gasteiger partial charge in [0.25, 0.3) is 0 Å². The monoisotopic (exact) mass is 753 g/mol. The summed E-state index contributed by atoms with van der Waals surface area (Å²) in [6.45, 7) is -1.42. The number of nitrogens with zero attached hydrogens (tertiary/aromatic N) is 4. The fourth-order valence-corrected chi connectivity index (χ4v) is 5.27. The number of rotatable bonds is 7. The van der Waals surface area contributed by atoms with Gasteiger partial charge in [0.2, 0.25) is 0 Å². The molecular weight excluding hydrogens is 732 g/mol. The summed E-state index contributed by atoms with van der Waals surface area (Å²) < 4.78 is 51.1. The van der Waals surface area contributed by atoms with Crippen molar-refractivity contribution < 1.29 is 39.0 Å². The number of para-hydroxylation sites is 1. The zero-order valence-electron chi connectivity index (χ0n) is 22.4. The average Bonchev–Trinajstić information content (AvgIpc) is 3.64. The Morgan fingerprint density at radius 2 is 1.56 bits per heavy atom. The van der Waals surface area contributed by atoms with Crippen molar-refractivity contribution >= 4 is 21.8 Å². The Morgan fingerprint density at radius 1 is 0.791 bits per heavy atom. The van der Waals surface area contributed by atoms with Crippen LogP contribution in [0.4, 0.5) is 13.2 Å². The maximum atomic E-state index is 14.1. The van der Waals surface area contributed by atoms with E-state index in [0.29, 0.717) is 50.8 Å². The van der Waals surface area contributed by atoms with Crippen LogP contribution in [0.1, 0.15) is 11.1 Å². The molecule has 3 heterocycles. The first-order chi connectivity index (χ1) is 20.6. The van der Waals surface area contributed by atoms with Crippen LogP contribution < -0.4 is 4.74 Å². The Balaban J connectivity index is 0.00000329. The largest absolute Gasteiger partial charge is 2.00 e. The van der Waals surface area contributed by atoms with Crippen LogP contribution in [0.25, 0.3) is 44.4 Å². The molecule has 0 aliphatic carbocycles. The number of pyridine rings is 1. The summed E-state index contributed by atoms with van der Waals surface area (Å²) in [7, 11) is 0. The fraction of sp³-hybridized carbons (Fsp3) is 0.0588. The van der Waals surface area contributed by atoms with Crippen molar-refractivity contribution in [2.45, 2.75) is 13.3 Å². The van der Waals surface area contributed by atoms with E-state index in [1.54, 1.807) is 53.5 Å². The van der Waals surface area contributed by atoms with Crippen molar-refractivity contribution in [3.8, 4) is 34.1 Å². The molecule has 0 N–H and O–H groups in total. The van der Waals surface area contributed by atoms with Gasteiger partial charge >= 0.3 is 21.1 Å². The zero-order valence-corrected chi connectivity index (χ0v) is 24.6. The second kappa shape index (κ2) is 11.9. The van der Waals surface area contributed by atoms with Crippen LogP contribution in [0.15, 0.2) is 104 Å². The molecule has 0 saturated carbocycles. The number of hydrogen-bond donors (Lipinski definition) is 0. The SMILES string of the molecule is FCc1cccc(CF)c1-c1cnn(-c2[c-]c(Oc3[c-]c4c(cc3)c3ccccc3n4-c3cc(F)ccn3)ccc2)c1.[Pt+2]. The van der Waals surface area contributed by atoms with E-state index in [-0.39, 0.29) is 26.9 Å². The predicted molar refractivity (Wildman–Crippen MR) is 155 cm³/mol. The standard InChI is InChI=1S/C34H21F3N4O.Pt/c35-18-22-5-3-6-23(19-36)34(22)24-20-39-40(21-24)26-7-4-8-27(16-26)42-28-11-12-30-29-9-1-2-10-31(29)41(32(30)17-28)33-15-25(37)13-14-38-33;/h1-15,20-21H,18-19H2;/q-2;+2. The van der Waals surface area contributed by atoms with Gasteiger partial charge in [-0.2, -0.15) is 17.2 Å². The van der Waals surface area contributed by atoms with E-state index in [1.165, 1.54) is 18.3 Å². The molecular formula is C34H21F3N4OPt. The smallest absolute Gasteiger partial charge is 0.509 e. The molecule has 0 bridgehead atoms. The first-order valence-corrected chi connectivity index (χ1v) is 13.2. The number of alkyl halides is 2. The molecule has 9 heteroatoms. The molecule has 214 valence electrons. The maximum absolute atomic E-state index is 14.1. The van der Waals surface area contributed by atoms with E-state index in [0.717, 1.165) is 16.3 Å². The molecule has 0 fully saturated rings. The second-order valence-electron chi connectivity index (χ2n) is 9.66. The molecule has 7 rings (SSSR count). The van der Waals surface area contributed by atoms with Crippen LogP contribution in [0.3, 0.4) is 0 Å². The minimum atomic E-state index is -0.709. The zero-order chi connectivity index (χ0) is 28.6. The molecule has 5 nitrogen and oxygen atoms in total. The minimum absolute atomic E-state index is 0. The van der Waals surface area contributed by atoms with Gasteiger partial charge in [-0.25, -0.2) is 18.2 Å². The van der Waals surface area contributed by atoms with E-state index in [9.17, 15) is 13.2 Å². The van der Waals surface area contributed by atoms with Gasteiger partial charge < -0.3 is 9.30 Å². The van der Waals surface area contributed by atoms with Crippen LogP contribution >= 0.6 is 0 Å². The third-order valence-corrected chi connectivity index (χ3v) is 7.11. The number of ether oxygens (including phenoxy) is 1. The summed E-state index contributed by atoms with van der Waals surface area (Å²) in [6, 6.07) is 31.1. The van der Waals surface area contributed by atoms with E-state index in [1.807, 2.05) is 41.0 Å². The van der Waals surface area contributed by atoms with Crippen LogP contribution in [-0.2, 0) is 34.4 Å². The summed E-state index contributed by atoms with van der Waals surface area (Å²) in [5.74, 6) is 0.894. The average molecular weight is 754 g/mol. The molecule has 7 aromatic rings. The maximum Gasteiger partial charge on any atom is 2.00 e. The van der Waals surface area contributed by atoms with Crippen LogP contribution in [-0.4, -0.2) is 19.3 Å². The number of aromatic nitrogens is 4. The van der Waals surface area contributed by atoms with Crippen molar-refractivity contribution in [3.05, 3.63) is 133 Å². The van der Waals surface area contributed by atoms with Crippen molar-refractivity contribution in [1.29, 1.82) is 0 Å². The second-order valence-corrected chi connectivity index (χ2v) is 9.66. The first kappa shape index (κ1) is 28.4. The number of fused-ring (bicyclic) bond motifs is 3. The normalized spacial score (nSPS) is 11.1. The van der Waals surface area contributed by atoms with E-state index >= 15 is 0 Å². The Hall–Kier alpha value is -4.68. The van der Waals surface area contributed by atoms with Gasteiger partial charge in [-0.15, -0.1) is 35.7 Å². The molecule has 3 aromatic heterocycles. The van der Waals surface area contributed by atoms with Gasteiger partial charge in [0.15, 0.2) is 0 Å². The molecule has 0 atom stereocenters.